The molecule has 1 aliphatic heterocycles. The van der Waals surface area contributed by atoms with Crippen molar-refractivity contribution in [3.8, 4) is 0 Å². The summed E-state index contributed by atoms with van der Waals surface area (Å²) in [6.07, 6.45) is 0.548. The van der Waals surface area contributed by atoms with E-state index in [1.165, 1.54) is 4.88 Å². The number of aryl methyl sites for hydroxylation is 2. The lowest BCUT2D eigenvalue weighted by molar-refractivity contribution is -0.131. The first-order chi connectivity index (χ1) is 9.90. The van der Waals surface area contributed by atoms with Crippen molar-refractivity contribution in [3.63, 3.8) is 0 Å². The van der Waals surface area contributed by atoms with Gasteiger partial charge in [-0.3, -0.25) is 4.79 Å². The molecule has 0 saturated carbocycles. The Kier molecular flexibility index (Phi) is 9.62. The number of hydrogen-bond acceptors (Lipinski definition) is 5. The van der Waals surface area contributed by atoms with Gasteiger partial charge < -0.3 is 15.5 Å². The van der Waals surface area contributed by atoms with E-state index in [2.05, 4.69) is 36.4 Å². The second-order valence-electron chi connectivity index (χ2n) is 6.09. The molecule has 2 heterocycles. The minimum atomic E-state index is -0.187. The summed E-state index contributed by atoms with van der Waals surface area (Å²) < 4.78 is 0. The van der Waals surface area contributed by atoms with Crippen LogP contribution < -0.4 is 10.6 Å². The molecule has 1 aromatic heterocycles. The third kappa shape index (κ3) is 6.19. The van der Waals surface area contributed by atoms with Crippen LogP contribution in [-0.4, -0.2) is 48.5 Å². The molecule has 0 aliphatic carbocycles. The van der Waals surface area contributed by atoms with Gasteiger partial charge in [0.15, 0.2) is 0 Å². The number of carbonyl (C=O) groups is 1. The van der Waals surface area contributed by atoms with Gasteiger partial charge in [0.05, 0.1) is 11.2 Å². The number of nitrogens with zero attached hydrogens (tertiary/aromatic N) is 2. The van der Waals surface area contributed by atoms with Gasteiger partial charge in [-0.15, -0.1) is 36.2 Å². The largest absolute Gasteiger partial charge is 0.340 e. The number of halogens is 2. The van der Waals surface area contributed by atoms with Gasteiger partial charge in [0.2, 0.25) is 5.91 Å². The molecule has 5 nitrogen and oxygen atoms in total. The third-order valence-corrected chi connectivity index (χ3v) is 5.34. The lowest BCUT2D eigenvalue weighted by Crippen LogP contribution is -2.47. The van der Waals surface area contributed by atoms with Crippen molar-refractivity contribution >= 4 is 42.1 Å². The summed E-state index contributed by atoms with van der Waals surface area (Å²) in [7, 11) is 0. The molecule has 2 rings (SSSR count). The Balaban J connectivity index is 0.00000242. The lowest BCUT2D eigenvalue weighted by atomic mass is 10.1. The normalized spacial score (nSPS) is 14.9. The predicted molar refractivity (Wildman–Crippen MR) is 101 cm³/mol. The quantitative estimate of drug-likeness (QED) is 0.819. The zero-order valence-electron chi connectivity index (χ0n) is 14.3. The Morgan fingerprint density at radius 3 is 2.43 bits per heavy atom. The maximum absolute atomic E-state index is 12.1. The van der Waals surface area contributed by atoms with Gasteiger partial charge >= 0.3 is 0 Å². The smallest absolute Gasteiger partial charge is 0.223 e. The van der Waals surface area contributed by atoms with Crippen molar-refractivity contribution in [2.45, 2.75) is 39.7 Å². The molecular formula is C15H28Cl2N4OS. The molecule has 1 fully saturated rings. The number of rotatable bonds is 5. The number of piperazine rings is 1. The van der Waals surface area contributed by atoms with Crippen LogP contribution in [0.15, 0.2) is 0 Å². The van der Waals surface area contributed by atoms with Gasteiger partial charge in [0, 0.05) is 44.0 Å². The number of nitrogens with one attached hydrogen (secondary N) is 2. The molecule has 1 amide bonds. The molecule has 23 heavy (non-hydrogen) atoms. The van der Waals surface area contributed by atoms with Crippen molar-refractivity contribution < 1.29 is 4.79 Å². The fourth-order valence-corrected chi connectivity index (χ4v) is 3.36. The molecule has 8 heteroatoms. The Hall–Kier alpha value is -0.400. The Labute approximate surface area is 155 Å². The van der Waals surface area contributed by atoms with E-state index >= 15 is 0 Å². The van der Waals surface area contributed by atoms with E-state index in [4.69, 9.17) is 0 Å². The average Bonchev–Trinajstić information content (AvgIpc) is 2.80. The second kappa shape index (κ2) is 9.79. The molecule has 0 bridgehead atoms. The molecule has 0 aromatic carbocycles. The minimum Gasteiger partial charge on any atom is -0.340 e. The van der Waals surface area contributed by atoms with Crippen molar-refractivity contribution in [1.29, 1.82) is 0 Å². The van der Waals surface area contributed by atoms with Crippen LogP contribution in [0, 0.1) is 13.8 Å². The molecule has 0 atom stereocenters. The number of hydrogen-bond donors (Lipinski definition) is 2. The summed E-state index contributed by atoms with van der Waals surface area (Å²) >= 11 is 1.73. The Morgan fingerprint density at radius 1 is 1.30 bits per heavy atom. The highest BCUT2D eigenvalue weighted by atomic mass is 35.5. The Morgan fingerprint density at radius 2 is 1.91 bits per heavy atom. The first-order valence-corrected chi connectivity index (χ1v) is 8.40. The first kappa shape index (κ1) is 22.6. The van der Waals surface area contributed by atoms with E-state index in [0.29, 0.717) is 13.0 Å². The number of amides is 1. The predicted octanol–water partition coefficient (Wildman–Crippen LogP) is 2.25. The molecule has 134 valence electrons. The monoisotopic (exact) mass is 382 g/mol. The van der Waals surface area contributed by atoms with Gasteiger partial charge in [0.25, 0.3) is 0 Å². The van der Waals surface area contributed by atoms with Crippen LogP contribution in [0.1, 0.15) is 35.8 Å². The van der Waals surface area contributed by atoms with E-state index in [9.17, 15) is 4.79 Å². The summed E-state index contributed by atoms with van der Waals surface area (Å²) in [5.41, 5.74) is 0.912. The fraction of sp³-hybridized carbons (Fsp3) is 0.733. The highest BCUT2D eigenvalue weighted by Crippen LogP contribution is 2.27. The van der Waals surface area contributed by atoms with Gasteiger partial charge in [-0.25, -0.2) is 4.98 Å². The van der Waals surface area contributed by atoms with Crippen molar-refractivity contribution in [2.75, 3.05) is 32.7 Å². The molecular weight excluding hydrogens is 355 g/mol. The topological polar surface area (TPSA) is 57.3 Å². The SMILES string of the molecule is Cc1nc(C(C)(C)NCCC(=O)N2CCNCC2)sc1C.Cl.Cl. The molecule has 1 saturated heterocycles. The van der Waals surface area contributed by atoms with Gasteiger partial charge in [-0.05, 0) is 27.7 Å². The number of carbonyl (C=O) groups excluding carboxylic acids is 1. The van der Waals surface area contributed by atoms with E-state index in [1.54, 1.807) is 11.3 Å². The highest BCUT2D eigenvalue weighted by molar-refractivity contribution is 7.11. The number of thiazole rings is 1. The molecule has 0 spiro atoms. The molecule has 0 unspecified atom stereocenters. The van der Waals surface area contributed by atoms with Gasteiger partial charge in [0.1, 0.15) is 5.01 Å². The van der Waals surface area contributed by atoms with Crippen molar-refractivity contribution in [1.82, 2.24) is 20.5 Å². The van der Waals surface area contributed by atoms with Gasteiger partial charge in [-0.1, -0.05) is 0 Å². The zero-order valence-corrected chi connectivity index (χ0v) is 16.7. The molecule has 0 radical (unpaired) electrons. The van der Waals surface area contributed by atoms with E-state index in [-0.39, 0.29) is 36.3 Å². The number of aromatic nitrogens is 1. The minimum absolute atomic E-state index is 0. The lowest BCUT2D eigenvalue weighted by Gasteiger charge is -2.28. The standard InChI is InChI=1S/C15H26N4OS.2ClH/c1-11-12(2)21-14(18-11)15(3,4)17-6-5-13(20)19-9-7-16-8-10-19;;/h16-17H,5-10H2,1-4H3;2*1H. The second-order valence-corrected chi connectivity index (χ2v) is 7.30. The van der Waals surface area contributed by atoms with E-state index in [0.717, 1.165) is 36.9 Å². The maximum Gasteiger partial charge on any atom is 0.223 e. The van der Waals surface area contributed by atoms with Crippen LogP contribution >= 0.6 is 36.2 Å². The van der Waals surface area contributed by atoms with Crippen LogP contribution in [-0.2, 0) is 10.3 Å². The van der Waals surface area contributed by atoms with E-state index < -0.39 is 0 Å². The summed E-state index contributed by atoms with van der Waals surface area (Å²) in [6.45, 7) is 12.5. The van der Waals surface area contributed by atoms with Crippen LogP contribution in [0.4, 0.5) is 0 Å². The van der Waals surface area contributed by atoms with Crippen LogP contribution in [0.3, 0.4) is 0 Å². The van der Waals surface area contributed by atoms with Crippen molar-refractivity contribution in [2.24, 2.45) is 0 Å². The summed E-state index contributed by atoms with van der Waals surface area (Å²) in [6, 6.07) is 0. The van der Waals surface area contributed by atoms with Crippen LogP contribution in [0.5, 0.6) is 0 Å². The first-order valence-electron chi connectivity index (χ1n) is 7.58. The fourth-order valence-electron chi connectivity index (χ4n) is 2.37. The van der Waals surface area contributed by atoms with Crippen LogP contribution in [0.2, 0.25) is 0 Å². The van der Waals surface area contributed by atoms with Crippen LogP contribution in [0.25, 0.3) is 0 Å². The maximum atomic E-state index is 12.1. The zero-order chi connectivity index (χ0) is 15.5. The summed E-state index contributed by atoms with van der Waals surface area (Å²) in [5.74, 6) is 0.242. The third-order valence-electron chi connectivity index (χ3n) is 3.94. The molecule has 1 aliphatic rings. The molecule has 2 N–H and O–H groups in total. The molecule has 1 aromatic rings. The van der Waals surface area contributed by atoms with E-state index in [1.807, 2.05) is 11.8 Å². The van der Waals surface area contributed by atoms with Crippen molar-refractivity contribution in [3.05, 3.63) is 15.6 Å². The average molecular weight is 383 g/mol. The Bertz CT molecular complexity index is 482. The highest BCUT2D eigenvalue weighted by Gasteiger charge is 2.25. The summed E-state index contributed by atoms with van der Waals surface area (Å²) in [4.78, 5) is 20.0. The summed E-state index contributed by atoms with van der Waals surface area (Å²) in [5, 5.41) is 7.82. The van der Waals surface area contributed by atoms with Gasteiger partial charge in [-0.2, -0.15) is 0 Å².